The topological polar surface area (TPSA) is 103 Å². The molecule has 0 radical (unpaired) electrons. The number of methoxy groups -OCH3 is 1. The van der Waals surface area contributed by atoms with Crippen LogP contribution in [0.1, 0.15) is 26.4 Å². The largest absolute Gasteiger partial charge is 0.496 e. The number of fused-ring (bicyclic) bond motifs is 2. The fraction of sp³-hybridized carbons (Fsp3) is 0.0952. The Kier molecular flexibility index (Phi) is 4.93. The summed E-state index contributed by atoms with van der Waals surface area (Å²) in [6.45, 7) is 0.0571. The van der Waals surface area contributed by atoms with Crippen LogP contribution in [0.3, 0.4) is 0 Å². The first-order valence-electron chi connectivity index (χ1n) is 8.89. The molecule has 8 nitrogen and oxygen atoms in total. The lowest BCUT2D eigenvalue weighted by atomic mass is 10.1. The number of nitrogens with zero attached hydrogens (tertiary/aromatic N) is 3. The van der Waals surface area contributed by atoms with Crippen LogP contribution >= 0.6 is 0 Å². The molecule has 0 aliphatic carbocycles. The first-order chi connectivity index (χ1) is 14.5. The zero-order valence-electron chi connectivity index (χ0n) is 15.8. The summed E-state index contributed by atoms with van der Waals surface area (Å²) >= 11 is 0. The molecular weight excluding hydrogens is 391 g/mol. The average Bonchev–Trinajstić information content (AvgIpc) is 2.76. The van der Waals surface area contributed by atoms with E-state index in [1.807, 2.05) is 0 Å². The van der Waals surface area contributed by atoms with Crippen molar-refractivity contribution in [1.82, 2.24) is 19.7 Å². The van der Waals surface area contributed by atoms with Crippen molar-refractivity contribution >= 4 is 28.7 Å². The number of amides is 1. The Hall–Kier alpha value is -4.14. The van der Waals surface area contributed by atoms with E-state index in [4.69, 9.17) is 4.74 Å². The molecule has 0 saturated carbocycles. The zero-order chi connectivity index (χ0) is 21.3. The van der Waals surface area contributed by atoms with Gasteiger partial charge in [0.05, 0.1) is 18.2 Å². The number of carbonyl (C=O) groups is 2. The normalized spacial score (nSPS) is 10.9. The van der Waals surface area contributed by atoms with Gasteiger partial charge in [-0.1, -0.05) is 6.07 Å². The van der Waals surface area contributed by atoms with E-state index in [9.17, 15) is 18.8 Å². The summed E-state index contributed by atoms with van der Waals surface area (Å²) < 4.78 is 20.4. The van der Waals surface area contributed by atoms with E-state index in [-0.39, 0.29) is 23.4 Å². The standard InChI is InChI=1S/C21H15FN4O4/c1-30-17-8-15-12(7-14(11-27)20(22)25-15)6-13(17)10-23-21(29)16-9-19(28)26-5-3-2-4-18(26)24-16/h2-9,11H,10H2,1H3,(H,23,29). The molecule has 0 aliphatic rings. The Balaban J connectivity index is 1.64. The fourth-order valence-corrected chi connectivity index (χ4v) is 3.09. The first-order valence-corrected chi connectivity index (χ1v) is 8.89. The number of halogens is 1. The highest BCUT2D eigenvalue weighted by Gasteiger charge is 2.14. The summed E-state index contributed by atoms with van der Waals surface area (Å²) in [6.07, 6.45) is 1.95. The molecule has 30 heavy (non-hydrogen) atoms. The monoisotopic (exact) mass is 406 g/mol. The maximum Gasteiger partial charge on any atom is 0.270 e. The molecule has 4 aromatic rings. The Bertz CT molecular complexity index is 1370. The summed E-state index contributed by atoms with van der Waals surface area (Å²) in [4.78, 5) is 43.7. The highest BCUT2D eigenvalue weighted by molar-refractivity contribution is 5.93. The van der Waals surface area contributed by atoms with E-state index < -0.39 is 11.9 Å². The van der Waals surface area contributed by atoms with Crippen molar-refractivity contribution in [2.45, 2.75) is 6.54 Å². The van der Waals surface area contributed by atoms with Gasteiger partial charge in [0, 0.05) is 35.8 Å². The summed E-state index contributed by atoms with van der Waals surface area (Å²) in [5, 5.41) is 3.21. The maximum atomic E-state index is 13.8. The third-order valence-electron chi connectivity index (χ3n) is 4.57. The minimum absolute atomic E-state index is 0.0158. The molecule has 3 heterocycles. The zero-order valence-corrected chi connectivity index (χ0v) is 15.8. The lowest BCUT2D eigenvalue weighted by Crippen LogP contribution is -2.27. The van der Waals surface area contributed by atoms with Gasteiger partial charge in [-0.3, -0.25) is 18.8 Å². The van der Waals surface area contributed by atoms with Crippen molar-refractivity contribution in [3.8, 4) is 5.75 Å². The van der Waals surface area contributed by atoms with Gasteiger partial charge in [0.1, 0.15) is 17.1 Å². The van der Waals surface area contributed by atoms with Crippen molar-refractivity contribution in [3.05, 3.63) is 81.8 Å². The van der Waals surface area contributed by atoms with Crippen LogP contribution < -0.4 is 15.6 Å². The van der Waals surface area contributed by atoms with Crippen molar-refractivity contribution < 1.29 is 18.7 Å². The van der Waals surface area contributed by atoms with E-state index in [0.717, 1.165) is 6.07 Å². The SMILES string of the molecule is COc1cc2nc(F)c(C=O)cc2cc1CNC(=O)c1cc(=O)n2ccccc2n1. The van der Waals surface area contributed by atoms with Crippen LogP contribution in [0, 0.1) is 5.95 Å². The minimum Gasteiger partial charge on any atom is -0.496 e. The predicted molar refractivity (Wildman–Crippen MR) is 106 cm³/mol. The van der Waals surface area contributed by atoms with Gasteiger partial charge in [-0.25, -0.2) is 9.97 Å². The Morgan fingerprint density at radius 2 is 2.07 bits per heavy atom. The fourth-order valence-electron chi connectivity index (χ4n) is 3.09. The molecule has 0 spiro atoms. The highest BCUT2D eigenvalue weighted by Crippen LogP contribution is 2.26. The van der Waals surface area contributed by atoms with E-state index in [1.54, 1.807) is 30.5 Å². The average molecular weight is 406 g/mol. The molecule has 1 amide bonds. The number of hydrogen-bond acceptors (Lipinski definition) is 6. The molecular formula is C21H15FN4O4. The molecule has 0 fully saturated rings. The molecule has 0 saturated heterocycles. The summed E-state index contributed by atoms with van der Waals surface area (Å²) in [5.41, 5.74) is 0.702. The lowest BCUT2D eigenvalue weighted by molar-refractivity contribution is 0.0945. The van der Waals surface area contributed by atoms with E-state index in [2.05, 4.69) is 15.3 Å². The number of hydrogen-bond donors (Lipinski definition) is 1. The third kappa shape index (κ3) is 3.48. The second-order valence-electron chi connectivity index (χ2n) is 6.43. The third-order valence-corrected chi connectivity index (χ3v) is 4.57. The molecule has 150 valence electrons. The highest BCUT2D eigenvalue weighted by atomic mass is 19.1. The van der Waals surface area contributed by atoms with Crippen LogP contribution in [0.5, 0.6) is 5.75 Å². The van der Waals surface area contributed by atoms with E-state index >= 15 is 0 Å². The number of nitrogens with one attached hydrogen (secondary N) is 1. The molecule has 4 rings (SSSR count). The van der Waals surface area contributed by atoms with Crippen LogP contribution in [0.4, 0.5) is 4.39 Å². The Labute approximate surface area is 169 Å². The quantitative estimate of drug-likeness (QED) is 0.402. The van der Waals surface area contributed by atoms with Crippen LogP contribution in [0.15, 0.2) is 53.5 Å². The summed E-state index contributed by atoms with van der Waals surface area (Å²) in [7, 11) is 1.44. The molecule has 0 unspecified atom stereocenters. The molecule has 0 bridgehead atoms. The van der Waals surface area contributed by atoms with E-state index in [1.165, 1.54) is 23.6 Å². The van der Waals surface area contributed by atoms with Gasteiger partial charge in [0.2, 0.25) is 5.95 Å². The second kappa shape index (κ2) is 7.70. The van der Waals surface area contributed by atoms with Gasteiger partial charge >= 0.3 is 0 Å². The molecule has 0 aliphatic heterocycles. The molecule has 1 N–H and O–H groups in total. The number of ether oxygens (including phenoxy) is 1. The van der Waals surface area contributed by atoms with Gasteiger partial charge in [0.15, 0.2) is 6.29 Å². The maximum absolute atomic E-state index is 13.8. The number of aromatic nitrogens is 3. The Morgan fingerprint density at radius 3 is 2.83 bits per heavy atom. The van der Waals surface area contributed by atoms with Crippen LogP contribution in [-0.4, -0.2) is 33.7 Å². The molecule has 1 aromatic carbocycles. The van der Waals surface area contributed by atoms with Gasteiger partial charge in [0.25, 0.3) is 11.5 Å². The Morgan fingerprint density at radius 1 is 1.23 bits per heavy atom. The van der Waals surface area contributed by atoms with Gasteiger partial charge in [-0.15, -0.1) is 0 Å². The smallest absolute Gasteiger partial charge is 0.270 e. The van der Waals surface area contributed by atoms with Crippen LogP contribution in [0.25, 0.3) is 16.6 Å². The second-order valence-corrected chi connectivity index (χ2v) is 6.43. The van der Waals surface area contributed by atoms with E-state index in [0.29, 0.717) is 34.1 Å². The molecule has 9 heteroatoms. The number of aldehydes is 1. The number of pyridine rings is 2. The van der Waals surface area contributed by atoms with Crippen LogP contribution in [-0.2, 0) is 6.54 Å². The predicted octanol–water partition coefficient (Wildman–Crippen LogP) is 2.13. The summed E-state index contributed by atoms with van der Waals surface area (Å²) in [5.74, 6) is -1.01. The van der Waals surface area contributed by atoms with Crippen LogP contribution in [0.2, 0.25) is 0 Å². The van der Waals surface area contributed by atoms with Gasteiger partial charge < -0.3 is 10.1 Å². The lowest BCUT2D eigenvalue weighted by Gasteiger charge is -2.12. The summed E-state index contributed by atoms with van der Waals surface area (Å²) in [6, 6.07) is 10.7. The number of rotatable bonds is 5. The number of carbonyl (C=O) groups excluding carboxylic acids is 2. The first kappa shape index (κ1) is 19.2. The van der Waals surface area contributed by atoms with Gasteiger partial charge in [-0.05, 0) is 24.3 Å². The molecule has 0 atom stereocenters. The van der Waals surface area contributed by atoms with Gasteiger partial charge in [-0.2, -0.15) is 4.39 Å². The molecule has 3 aromatic heterocycles. The van der Waals surface area contributed by atoms with Crippen molar-refractivity contribution in [3.63, 3.8) is 0 Å². The minimum atomic E-state index is -0.866. The number of benzene rings is 1. The van der Waals surface area contributed by atoms with Crippen molar-refractivity contribution in [1.29, 1.82) is 0 Å². The van der Waals surface area contributed by atoms with Crippen molar-refractivity contribution in [2.75, 3.05) is 7.11 Å². The van der Waals surface area contributed by atoms with Crippen molar-refractivity contribution in [2.24, 2.45) is 0 Å².